The molecule has 0 saturated carbocycles. The number of rotatable bonds is 7. The van der Waals surface area contributed by atoms with Gasteiger partial charge in [-0.05, 0) is 31.0 Å². The average molecular weight is 249 g/mol. The van der Waals surface area contributed by atoms with Gasteiger partial charge < -0.3 is 10.1 Å². The first-order valence-corrected chi connectivity index (χ1v) is 6.80. The molecule has 2 heteroatoms. The zero-order valence-corrected chi connectivity index (χ0v) is 12.4. The van der Waals surface area contributed by atoms with Crippen LogP contribution in [-0.2, 0) is 0 Å². The topological polar surface area (TPSA) is 21.3 Å². The summed E-state index contributed by atoms with van der Waals surface area (Å²) >= 11 is 0. The number of para-hydroxylation sites is 1. The predicted octanol–water partition coefficient (Wildman–Crippen LogP) is 3.65. The van der Waals surface area contributed by atoms with Gasteiger partial charge in [-0.15, -0.1) is 0 Å². The van der Waals surface area contributed by atoms with E-state index in [1.165, 1.54) is 5.56 Å². The Balaban J connectivity index is 2.39. The molecule has 0 saturated heterocycles. The van der Waals surface area contributed by atoms with Crippen molar-refractivity contribution < 1.29 is 4.74 Å². The maximum atomic E-state index is 5.92. The molecule has 0 fully saturated rings. The van der Waals surface area contributed by atoms with Gasteiger partial charge in [0.2, 0.25) is 0 Å². The minimum Gasteiger partial charge on any atom is -0.493 e. The Hall–Kier alpha value is -1.02. The molecule has 0 bridgehead atoms. The predicted molar refractivity (Wildman–Crippen MR) is 78.2 cm³/mol. The Morgan fingerprint density at radius 2 is 1.89 bits per heavy atom. The first kappa shape index (κ1) is 15.0. The van der Waals surface area contributed by atoms with E-state index in [9.17, 15) is 0 Å². The maximum Gasteiger partial charge on any atom is 0.122 e. The summed E-state index contributed by atoms with van der Waals surface area (Å²) in [6, 6.07) is 8.18. The van der Waals surface area contributed by atoms with Crippen molar-refractivity contribution in [3.63, 3.8) is 0 Å². The van der Waals surface area contributed by atoms with Crippen molar-refractivity contribution in [1.82, 2.24) is 5.32 Å². The zero-order valence-electron chi connectivity index (χ0n) is 12.4. The third-order valence-corrected chi connectivity index (χ3v) is 2.87. The summed E-state index contributed by atoms with van der Waals surface area (Å²) in [6.45, 7) is 13.8. The number of aryl methyl sites for hydroxylation is 1. The van der Waals surface area contributed by atoms with Gasteiger partial charge in [-0.1, -0.05) is 45.9 Å². The molecular formula is C16H27NO. The zero-order chi connectivity index (χ0) is 13.6. The minimum absolute atomic E-state index is 0.150. The van der Waals surface area contributed by atoms with E-state index in [1.54, 1.807) is 0 Å². The van der Waals surface area contributed by atoms with Gasteiger partial charge in [0.05, 0.1) is 6.61 Å². The molecule has 1 aromatic rings. The van der Waals surface area contributed by atoms with E-state index in [4.69, 9.17) is 4.74 Å². The molecule has 2 nitrogen and oxygen atoms in total. The van der Waals surface area contributed by atoms with Crippen LogP contribution in [0.3, 0.4) is 0 Å². The summed E-state index contributed by atoms with van der Waals surface area (Å²) in [7, 11) is 0. The van der Waals surface area contributed by atoms with E-state index in [2.05, 4.69) is 46.0 Å². The van der Waals surface area contributed by atoms with Crippen LogP contribution in [0.1, 0.15) is 33.3 Å². The monoisotopic (exact) mass is 249 g/mol. The molecule has 0 aliphatic rings. The highest BCUT2D eigenvalue weighted by atomic mass is 16.5. The Morgan fingerprint density at radius 1 is 1.22 bits per heavy atom. The lowest BCUT2D eigenvalue weighted by Gasteiger charge is -2.26. The highest BCUT2D eigenvalue weighted by Gasteiger charge is 2.19. The molecule has 1 N–H and O–H groups in total. The summed E-state index contributed by atoms with van der Waals surface area (Å²) in [5, 5.41) is 3.50. The van der Waals surface area contributed by atoms with Crippen LogP contribution in [0.2, 0.25) is 0 Å². The minimum atomic E-state index is 0.150. The molecule has 0 amide bonds. The lowest BCUT2D eigenvalue weighted by molar-refractivity contribution is 0.174. The van der Waals surface area contributed by atoms with Crippen molar-refractivity contribution in [2.24, 2.45) is 11.3 Å². The van der Waals surface area contributed by atoms with E-state index in [1.807, 2.05) is 18.2 Å². The van der Waals surface area contributed by atoms with E-state index in [0.29, 0.717) is 5.92 Å². The molecule has 0 heterocycles. The Bertz CT molecular complexity index is 358. The fourth-order valence-electron chi connectivity index (χ4n) is 1.74. The quantitative estimate of drug-likeness (QED) is 0.796. The number of nitrogens with one attached hydrogen (secondary N) is 1. The standard InChI is InChI=1S/C16H27NO/c1-13(2)10-17-11-16(4,5)12-18-15-9-7-6-8-14(15)3/h6-9,13,17H,10-12H2,1-5H3. The lowest BCUT2D eigenvalue weighted by Crippen LogP contribution is -2.35. The van der Waals surface area contributed by atoms with Gasteiger partial charge in [-0.3, -0.25) is 0 Å². The van der Waals surface area contributed by atoms with Gasteiger partial charge in [0.15, 0.2) is 0 Å². The van der Waals surface area contributed by atoms with Gasteiger partial charge in [-0.2, -0.15) is 0 Å². The number of hydrogen-bond donors (Lipinski definition) is 1. The van der Waals surface area contributed by atoms with Crippen LogP contribution in [-0.4, -0.2) is 19.7 Å². The third-order valence-electron chi connectivity index (χ3n) is 2.87. The van der Waals surface area contributed by atoms with Crippen LogP contribution in [0.4, 0.5) is 0 Å². The molecule has 0 radical (unpaired) electrons. The summed E-state index contributed by atoms with van der Waals surface area (Å²) in [6.07, 6.45) is 0. The second-order valence-corrected chi connectivity index (χ2v) is 6.24. The van der Waals surface area contributed by atoms with Crippen LogP contribution in [0.25, 0.3) is 0 Å². The van der Waals surface area contributed by atoms with Gasteiger partial charge in [-0.25, -0.2) is 0 Å². The molecule has 0 atom stereocenters. The van der Waals surface area contributed by atoms with Crippen molar-refractivity contribution in [1.29, 1.82) is 0 Å². The van der Waals surface area contributed by atoms with Crippen LogP contribution >= 0.6 is 0 Å². The van der Waals surface area contributed by atoms with Gasteiger partial charge in [0.1, 0.15) is 5.75 Å². The number of benzene rings is 1. The first-order chi connectivity index (χ1) is 8.41. The summed E-state index contributed by atoms with van der Waals surface area (Å²) in [5.74, 6) is 1.69. The molecule has 0 aliphatic carbocycles. The molecule has 102 valence electrons. The van der Waals surface area contributed by atoms with Crippen molar-refractivity contribution >= 4 is 0 Å². The number of ether oxygens (including phenoxy) is 1. The van der Waals surface area contributed by atoms with Crippen LogP contribution in [0.5, 0.6) is 5.75 Å². The van der Waals surface area contributed by atoms with Crippen LogP contribution < -0.4 is 10.1 Å². The van der Waals surface area contributed by atoms with Crippen molar-refractivity contribution in [2.75, 3.05) is 19.7 Å². The molecule has 0 aliphatic heterocycles. The van der Waals surface area contributed by atoms with E-state index >= 15 is 0 Å². The van der Waals surface area contributed by atoms with Gasteiger partial charge in [0, 0.05) is 12.0 Å². The Labute approximate surface area is 112 Å². The molecule has 0 unspecified atom stereocenters. The van der Waals surface area contributed by atoms with Crippen molar-refractivity contribution in [2.45, 2.75) is 34.6 Å². The Kier molecular flexibility index (Phi) is 5.67. The first-order valence-electron chi connectivity index (χ1n) is 6.80. The second-order valence-electron chi connectivity index (χ2n) is 6.24. The van der Waals surface area contributed by atoms with Gasteiger partial charge in [0.25, 0.3) is 0 Å². The van der Waals surface area contributed by atoms with E-state index < -0.39 is 0 Å². The number of hydrogen-bond acceptors (Lipinski definition) is 2. The molecule has 0 spiro atoms. The van der Waals surface area contributed by atoms with Crippen molar-refractivity contribution in [3.8, 4) is 5.75 Å². The third kappa shape index (κ3) is 5.54. The molecular weight excluding hydrogens is 222 g/mol. The van der Waals surface area contributed by atoms with E-state index in [0.717, 1.165) is 25.4 Å². The average Bonchev–Trinajstić information content (AvgIpc) is 2.27. The highest BCUT2D eigenvalue weighted by Crippen LogP contribution is 2.21. The lowest BCUT2D eigenvalue weighted by atomic mass is 9.94. The molecule has 18 heavy (non-hydrogen) atoms. The van der Waals surface area contributed by atoms with Crippen LogP contribution in [0.15, 0.2) is 24.3 Å². The largest absolute Gasteiger partial charge is 0.493 e. The maximum absolute atomic E-state index is 5.92. The second kappa shape index (κ2) is 6.79. The smallest absolute Gasteiger partial charge is 0.122 e. The molecule has 1 rings (SSSR count). The normalized spacial score (nSPS) is 11.9. The molecule has 0 aromatic heterocycles. The van der Waals surface area contributed by atoms with Crippen molar-refractivity contribution in [3.05, 3.63) is 29.8 Å². The highest BCUT2D eigenvalue weighted by molar-refractivity contribution is 5.31. The SMILES string of the molecule is Cc1ccccc1OCC(C)(C)CNCC(C)C. The summed E-state index contributed by atoms with van der Waals surface area (Å²) in [4.78, 5) is 0. The summed E-state index contributed by atoms with van der Waals surface area (Å²) in [5.41, 5.74) is 1.35. The Morgan fingerprint density at radius 3 is 2.50 bits per heavy atom. The van der Waals surface area contributed by atoms with E-state index in [-0.39, 0.29) is 5.41 Å². The van der Waals surface area contributed by atoms with Gasteiger partial charge >= 0.3 is 0 Å². The fourth-order valence-corrected chi connectivity index (χ4v) is 1.74. The fraction of sp³-hybridized carbons (Fsp3) is 0.625. The summed E-state index contributed by atoms with van der Waals surface area (Å²) < 4.78 is 5.92. The molecule has 1 aromatic carbocycles. The van der Waals surface area contributed by atoms with Crippen LogP contribution in [0, 0.1) is 18.3 Å².